The zero-order valence-electron chi connectivity index (χ0n) is 10.8. The van der Waals surface area contributed by atoms with E-state index in [0.717, 1.165) is 29.3 Å². The molecule has 2 rings (SSSR count). The summed E-state index contributed by atoms with van der Waals surface area (Å²) in [5, 5.41) is 4.09. The van der Waals surface area contributed by atoms with Gasteiger partial charge in [-0.3, -0.25) is 0 Å². The summed E-state index contributed by atoms with van der Waals surface area (Å²) < 4.78 is 5.50. The molecule has 0 aromatic heterocycles. The zero-order chi connectivity index (χ0) is 12.5. The van der Waals surface area contributed by atoms with Crippen molar-refractivity contribution < 1.29 is 4.74 Å². The molecule has 0 bridgehead atoms. The SMILES string of the molecule is CNCC1(Cc2cc(Cl)cc(C)c2OC)CC1. The zero-order valence-corrected chi connectivity index (χ0v) is 11.5. The van der Waals surface area contributed by atoms with Gasteiger partial charge in [0, 0.05) is 11.6 Å². The van der Waals surface area contributed by atoms with Gasteiger partial charge in [0.05, 0.1) is 7.11 Å². The average molecular weight is 254 g/mol. The number of nitrogens with one attached hydrogen (secondary N) is 1. The van der Waals surface area contributed by atoms with E-state index in [1.165, 1.54) is 18.4 Å². The third kappa shape index (κ3) is 2.75. The van der Waals surface area contributed by atoms with E-state index in [1.807, 2.05) is 26.1 Å². The summed E-state index contributed by atoms with van der Waals surface area (Å²) in [4.78, 5) is 0. The Morgan fingerprint density at radius 2 is 2.12 bits per heavy atom. The van der Waals surface area contributed by atoms with Crippen molar-refractivity contribution in [3.8, 4) is 5.75 Å². The fourth-order valence-corrected chi connectivity index (χ4v) is 2.89. The van der Waals surface area contributed by atoms with Crippen LogP contribution in [0.4, 0.5) is 0 Å². The largest absolute Gasteiger partial charge is 0.496 e. The Morgan fingerprint density at radius 3 is 2.65 bits per heavy atom. The molecule has 0 heterocycles. The van der Waals surface area contributed by atoms with Crippen LogP contribution in [0.1, 0.15) is 24.0 Å². The summed E-state index contributed by atoms with van der Waals surface area (Å²) in [5.74, 6) is 0.997. The highest BCUT2D eigenvalue weighted by Crippen LogP contribution is 2.49. The minimum atomic E-state index is 0.430. The van der Waals surface area contributed by atoms with Gasteiger partial charge in [0.1, 0.15) is 5.75 Å². The Kier molecular flexibility index (Phi) is 3.64. The lowest BCUT2D eigenvalue weighted by Crippen LogP contribution is -2.22. The lowest BCUT2D eigenvalue weighted by molar-refractivity contribution is 0.396. The predicted molar refractivity (Wildman–Crippen MR) is 72.0 cm³/mol. The molecule has 3 heteroatoms. The van der Waals surface area contributed by atoms with Crippen LogP contribution in [0.25, 0.3) is 0 Å². The number of methoxy groups -OCH3 is 1. The molecular formula is C14H20ClNO. The second-order valence-corrected chi connectivity index (χ2v) is 5.56. The van der Waals surface area contributed by atoms with Crippen molar-refractivity contribution in [2.24, 2.45) is 5.41 Å². The van der Waals surface area contributed by atoms with Gasteiger partial charge < -0.3 is 10.1 Å². The van der Waals surface area contributed by atoms with E-state index in [2.05, 4.69) is 5.32 Å². The normalized spacial score (nSPS) is 16.9. The summed E-state index contributed by atoms with van der Waals surface area (Å²) in [7, 11) is 3.75. The van der Waals surface area contributed by atoms with Crippen molar-refractivity contribution in [3.63, 3.8) is 0 Å². The maximum atomic E-state index is 6.13. The molecule has 0 radical (unpaired) electrons. The third-order valence-corrected chi connectivity index (χ3v) is 3.81. The van der Waals surface area contributed by atoms with E-state index in [9.17, 15) is 0 Å². The van der Waals surface area contributed by atoms with Gasteiger partial charge in [0.15, 0.2) is 0 Å². The van der Waals surface area contributed by atoms with Crippen molar-refractivity contribution in [1.29, 1.82) is 0 Å². The summed E-state index contributed by atoms with van der Waals surface area (Å²) in [6.07, 6.45) is 3.64. The molecule has 17 heavy (non-hydrogen) atoms. The molecule has 1 aliphatic rings. The molecule has 0 aliphatic heterocycles. The Morgan fingerprint density at radius 1 is 1.41 bits per heavy atom. The van der Waals surface area contributed by atoms with Crippen molar-refractivity contribution in [2.45, 2.75) is 26.2 Å². The lowest BCUT2D eigenvalue weighted by Gasteiger charge is -2.18. The van der Waals surface area contributed by atoms with Gasteiger partial charge in [-0.25, -0.2) is 0 Å². The molecule has 1 aromatic carbocycles. The van der Waals surface area contributed by atoms with Crippen LogP contribution in [0.15, 0.2) is 12.1 Å². The first kappa shape index (κ1) is 12.7. The van der Waals surface area contributed by atoms with Crippen LogP contribution in [0, 0.1) is 12.3 Å². The number of aryl methyl sites for hydroxylation is 1. The van der Waals surface area contributed by atoms with Crippen molar-refractivity contribution >= 4 is 11.6 Å². The molecule has 94 valence electrons. The van der Waals surface area contributed by atoms with Crippen LogP contribution in [-0.2, 0) is 6.42 Å². The fraction of sp³-hybridized carbons (Fsp3) is 0.571. The number of hydrogen-bond acceptors (Lipinski definition) is 2. The maximum absolute atomic E-state index is 6.13. The molecule has 0 saturated heterocycles. The van der Waals surface area contributed by atoms with E-state index >= 15 is 0 Å². The van der Waals surface area contributed by atoms with E-state index in [4.69, 9.17) is 16.3 Å². The maximum Gasteiger partial charge on any atom is 0.125 e. The first-order valence-electron chi connectivity index (χ1n) is 6.08. The van der Waals surface area contributed by atoms with Crippen LogP contribution in [0.5, 0.6) is 5.75 Å². The summed E-state index contributed by atoms with van der Waals surface area (Å²) in [6.45, 7) is 3.12. The summed E-state index contributed by atoms with van der Waals surface area (Å²) >= 11 is 6.13. The van der Waals surface area contributed by atoms with Crippen molar-refractivity contribution in [1.82, 2.24) is 5.32 Å². The van der Waals surface area contributed by atoms with E-state index < -0.39 is 0 Å². The third-order valence-electron chi connectivity index (χ3n) is 3.59. The van der Waals surface area contributed by atoms with Gasteiger partial charge in [-0.2, -0.15) is 0 Å². The smallest absolute Gasteiger partial charge is 0.125 e. The molecule has 0 spiro atoms. The molecule has 0 atom stereocenters. The second-order valence-electron chi connectivity index (χ2n) is 5.12. The second kappa shape index (κ2) is 4.87. The highest BCUT2D eigenvalue weighted by atomic mass is 35.5. The number of rotatable bonds is 5. The molecule has 1 fully saturated rings. The molecule has 1 aliphatic carbocycles. The van der Waals surface area contributed by atoms with Crippen LogP contribution < -0.4 is 10.1 Å². The monoisotopic (exact) mass is 253 g/mol. The van der Waals surface area contributed by atoms with Crippen LogP contribution >= 0.6 is 11.6 Å². The molecule has 1 aromatic rings. The minimum absolute atomic E-state index is 0.430. The first-order valence-corrected chi connectivity index (χ1v) is 6.46. The van der Waals surface area contributed by atoms with Crippen molar-refractivity contribution in [3.05, 3.63) is 28.3 Å². The number of halogens is 1. The topological polar surface area (TPSA) is 21.3 Å². The number of benzene rings is 1. The average Bonchev–Trinajstić information content (AvgIpc) is 2.97. The molecule has 0 unspecified atom stereocenters. The van der Waals surface area contributed by atoms with Gasteiger partial charge in [0.25, 0.3) is 0 Å². The highest BCUT2D eigenvalue weighted by Gasteiger charge is 2.42. The molecule has 1 saturated carbocycles. The van der Waals surface area contributed by atoms with E-state index in [1.54, 1.807) is 7.11 Å². The van der Waals surface area contributed by atoms with Crippen LogP contribution in [0.3, 0.4) is 0 Å². The van der Waals surface area contributed by atoms with Gasteiger partial charge in [-0.05, 0) is 61.9 Å². The minimum Gasteiger partial charge on any atom is -0.496 e. The Hall–Kier alpha value is -0.730. The van der Waals surface area contributed by atoms with Gasteiger partial charge in [-0.15, -0.1) is 0 Å². The van der Waals surface area contributed by atoms with Gasteiger partial charge in [-0.1, -0.05) is 11.6 Å². The molecule has 0 amide bonds. The Balaban J connectivity index is 2.25. The summed E-state index contributed by atoms with van der Waals surface area (Å²) in [6, 6.07) is 4.00. The highest BCUT2D eigenvalue weighted by molar-refractivity contribution is 6.30. The van der Waals surface area contributed by atoms with E-state index in [0.29, 0.717) is 5.41 Å². The Labute approximate surface area is 108 Å². The van der Waals surface area contributed by atoms with Crippen LogP contribution in [-0.4, -0.2) is 20.7 Å². The standard InChI is InChI=1S/C14H20ClNO/c1-10-6-12(15)7-11(13(10)17-3)8-14(4-5-14)9-16-2/h6-7,16H,4-5,8-9H2,1-3H3. The molecule has 2 nitrogen and oxygen atoms in total. The quantitative estimate of drug-likeness (QED) is 0.870. The van der Waals surface area contributed by atoms with E-state index in [-0.39, 0.29) is 0 Å². The lowest BCUT2D eigenvalue weighted by atomic mass is 9.94. The predicted octanol–water partition coefficient (Wildman–Crippen LogP) is 3.20. The number of hydrogen-bond donors (Lipinski definition) is 1. The molecular weight excluding hydrogens is 234 g/mol. The molecule has 1 N–H and O–H groups in total. The summed E-state index contributed by atoms with van der Waals surface area (Å²) in [5.41, 5.74) is 2.79. The first-order chi connectivity index (χ1) is 8.10. The van der Waals surface area contributed by atoms with Crippen LogP contribution in [0.2, 0.25) is 5.02 Å². The van der Waals surface area contributed by atoms with Crippen molar-refractivity contribution in [2.75, 3.05) is 20.7 Å². The van der Waals surface area contributed by atoms with Gasteiger partial charge >= 0.3 is 0 Å². The Bertz CT molecular complexity index is 413. The number of ether oxygens (including phenoxy) is 1. The fourth-order valence-electron chi connectivity index (χ4n) is 2.59. The van der Waals surface area contributed by atoms with Gasteiger partial charge in [0.2, 0.25) is 0 Å².